The van der Waals surface area contributed by atoms with Gasteiger partial charge in [0.15, 0.2) is 5.76 Å². The van der Waals surface area contributed by atoms with Crippen molar-refractivity contribution in [3.8, 4) is 11.7 Å². The first kappa shape index (κ1) is 17.4. The summed E-state index contributed by atoms with van der Waals surface area (Å²) >= 11 is 0. The van der Waals surface area contributed by atoms with E-state index in [1.807, 2.05) is 35.2 Å². The van der Waals surface area contributed by atoms with Crippen molar-refractivity contribution in [1.82, 2.24) is 4.90 Å². The van der Waals surface area contributed by atoms with Crippen LogP contribution < -0.4 is 10.5 Å². The third kappa shape index (κ3) is 4.06. The zero-order chi connectivity index (χ0) is 15.4. The lowest BCUT2D eigenvalue weighted by Crippen LogP contribution is -2.47. The molecule has 1 amide bonds. The van der Waals surface area contributed by atoms with Crippen LogP contribution >= 0.6 is 12.4 Å². The summed E-state index contributed by atoms with van der Waals surface area (Å²) in [7, 11) is 0. The molecule has 0 spiro atoms. The Hall–Kier alpha value is -1.98. The predicted molar refractivity (Wildman–Crippen MR) is 90.2 cm³/mol. The van der Waals surface area contributed by atoms with E-state index in [0.29, 0.717) is 24.0 Å². The number of halogens is 1. The van der Waals surface area contributed by atoms with Crippen LogP contribution in [0.1, 0.15) is 29.8 Å². The average Bonchev–Trinajstić information content (AvgIpc) is 3.03. The van der Waals surface area contributed by atoms with E-state index in [4.69, 9.17) is 14.9 Å². The molecule has 1 aliphatic rings. The second-order valence-electron chi connectivity index (χ2n) is 5.42. The lowest BCUT2D eigenvalue weighted by atomic mass is 10.0. The summed E-state index contributed by atoms with van der Waals surface area (Å²) in [5, 5.41) is 0. The van der Waals surface area contributed by atoms with Gasteiger partial charge in [-0.25, -0.2) is 0 Å². The quantitative estimate of drug-likeness (QED) is 0.928. The Morgan fingerprint density at radius 1 is 1.22 bits per heavy atom. The van der Waals surface area contributed by atoms with Gasteiger partial charge in [0.2, 0.25) is 0 Å². The molecule has 1 aromatic carbocycles. The fraction of sp³-hybridized carbons (Fsp3) is 0.353. The summed E-state index contributed by atoms with van der Waals surface area (Å²) < 4.78 is 11.1. The number of nitrogens with zero attached hydrogens (tertiary/aromatic N) is 1. The van der Waals surface area contributed by atoms with Crippen molar-refractivity contribution in [3.63, 3.8) is 0 Å². The van der Waals surface area contributed by atoms with Gasteiger partial charge in [0.05, 0.1) is 0 Å². The van der Waals surface area contributed by atoms with Gasteiger partial charge in [0.25, 0.3) is 11.9 Å². The molecule has 2 heterocycles. The number of hydrogen-bond donors (Lipinski definition) is 1. The number of hydrogen-bond acceptors (Lipinski definition) is 4. The molecule has 6 heteroatoms. The van der Waals surface area contributed by atoms with E-state index >= 15 is 0 Å². The van der Waals surface area contributed by atoms with Crippen LogP contribution in [0.2, 0.25) is 0 Å². The standard InChI is InChI=1S/C17H20N2O3.ClH/c18-12-13-6-4-5-11-19(13)17(20)15-9-10-16(22-15)21-14-7-2-1-3-8-14;/h1-3,7-10,13H,4-6,11-12,18H2;1H. The minimum Gasteiger partial charge on any atom is -0.426 e. The van der Waals surface area contributed by atoms with Crippen molar-refractivity contribution in [2.24, 2.45) is 5.73 Å². The molecular formula is C17H21ClN2O3. The number of ether oxygens (including phenoxy) is 1. The molecule has 1 aromatic heterocycles. The number of likely N-dealkylation sites (tertiary alicyclic amines) is 1. The van der Waals surface area contributed by atoms with Gasteiger partial charge in [0.1, 0.15) is 5.75 Å². The van der Waals surface area contributed by atoms with Gasteiger partial charge < -0.3 is 19.8 Å². The van der Waals surface area contributed by atoms with Crippen molar-refractivity contribution in [3.05, 3.63) is 48.2 Å². The number of rotatable bonds is 4. The van der Waals surface area contributed by atoms with Crippen LogP contribution in [0.3, 0.4) is 0 Å². The minimum atomic E-state index is -0.113. The molecule has 1 aliphatic heterocycles. The number of para-hydroxylation sites is 1. The monoisotopic (exact) mass is 336 g/mol. The van der Waals surface area contributed by atoms with Gasteiger partial charge in [-0.3, -0.25) is 4.79 Å². The van der Waals surface area contributed by atoms with Gasteiger partial charge >= 0.3 is 0 Å². The highest BCUT2D eigenvalue weighted by Crippen LogP contribution is 2.26. The summed E-state index contributed by atoms with van der Waals surface area (Å²) in [6.07, 6.45) is 3.08. The molecular weight excluding hydrogens is 316 g/mol. The van der Waals surface area contributed by atoms with Crippen LogP contribution in [0.15, 0.2) is 46.9 Å². The second-order valence-corrected chi connectivity index (χ2v) is 5.42. The van der Waals surface area contributed by atoms with Crippen molar-refractivity contribution in [2.75, 3.05) is 13.1 Å². The first-order valence-electron chi connectivity index (χ1n) is 7.61. The molecule has 0 bridgehead atoms. The topological polar surface area (TPSA) is 68.7 Å². The van der Waals surface area contributed by atoms with E-state index < -0.39 is 0 Å². The molecule has 124 valence electrons. The number of furan rings is 1. The third-order valence-electron chi connectivity index (χ3n) is 3.91. The molecule has 3 rings (SSSR count). The first-order valence-corrected chi connectivity index (χ1v) is 7.61. The smallest absolute Gasteiger partial charge is 0.290 e. The molecule has 1 atom stereocenters. The Balaban J connectivity index is 0.00000192. The second kappa shape index (κ2) is 8.04. The lowest BCUT2D eigenvalue weighted by molar-refractivity contribution is 0.0586. The maximum Gasteiger partial charge on any atom is 0.290 e. The minimum absolute atomic E-state index is 0. The zero-order valence-electron chi connectivity index (χ0n) is 12.8. The summed E-state index contributed by atoms with van der Waals surface area (Å²) in [5.41, 5.74) is 5.77. The van der Waals surface area contributed by atoms with Gasteiger partial charge in [-0.15, -0.1) is 12.4 Å². The number of piperidine rings is 1. The molecule has 1 fully saturated rings. The maximum atomic E-state index is 12.6. The van der Waals surface area contributed by atoms with Crippen molar-refractivity contribution < 1.29 is 13.9 Å². The summed E-state index contributed by atoms with van der Waals surface area (Å²) in [6, 6.07) is 12.8. The van der Waals surface area contributed by atoms with E-state index in [9.17, 15) is 4.79 Å². The summed E-state index contributed by atoms with van der Waals surface area (Å²) in [6.45, 7) is 1.22. The predicted octanol–water partition coefficient (Wildman–Crippen LogP) is 3.45. The van der Waals surface area contributed by atoms with E-state index in [1.54, 1.807) is 12.1 Å². The SMILES string of the molecule is Cl.NCC1CCCCN1C(=O)c1ccc(Oc2ccccc2)o1. The number of nitrogens with two attached hydrogens (primary N) is 1. The molecule has 1 saturated heterocycles. The Labute approximate surface area is 141 Å². The van der Waals surface area contributed by atoms with Crippen molar-refractivity contribution in [2.45, 2.75) is 25.3 Å². The molecule has 0 saturated carbocycles. The number of amides is 1. The normalized spacial score (nSPS) is 17.4. The molecule has 5 nitrogen and oxygen atoms in total. The van der Waals surface area contributed by atoms with Crippen LogP contribution in [0.25, 0.3) is 0 Å². The Kier molecular flexibility index (Phi) is 6.07. The van der Waals surface area contributed by atoms with Crippen LogP contribution in [0.4, 0.5) is 0 Å². The molecule has 23 heavy (non-hydrogen) atoms. The van der Waals surface area contributed by atoms with Gasteiger partial charge in [-0.05, 0) is 37.5 Å². The summed E-state index contributed by atoms with van der Waals surface area (Å²) in [4.78, 5) is 14.4. The van der Waals surface area contributed by atoms with E-state index in [0.717, 1.165) is 25.8 Å². The first-order chi connectivity index (χ1) is 10.8. The van der Waals surface area contributed by atoms with Gasteiger partial charge in [0, 0.05) is 25.2 Å². The highest BCUT2D eigenvalue weighted by Gasteiger charge is 2.28. The highest BCUT2D eigenvalue weighted by atomic mass is 35.5. The van der Waals surface area contributed by atoms with Crippen LogP contribution in [-0.2, 0) is 0 Å². The molecule has 0 radical (unpaired) electrons. The van der Waals surface area contributed by atoms with Crippen molar-refractivity contribution >= 4 is 18.3 Å². The van der Waals surface area contributed by atoms with Gasteiger partial charge in [-0.2, -0.15) is 0 Å². The van der Waals surface area contributed by atoms with E-state index in [2.05, 4.69) is 0 Å². The largest absolute Gasteiger partial charge is 0.426 e. The van der Waals surface area contributed by atoms with E-state index in [-0.39, 0.29) is 24.4 Å². The average molecular weight is 337 g/mol. The zero-order valence-corrected chi connectivity index (χ0v) is 13.6. The number of carbonyl (C=O) groups excluding carboxylic acids is 1. The highest BCUT2D eigenvalue weighted by molar-refractivity contribution is 5.92. The van der Waals surface area contributed by atoms with Crippen molar-refractivity contribution in [1.29, 1.82) is 0 Å². The lowest BCUT2D eigenvalue weighted by Gasteiger charge is -2.34. The van der Waals surface area contributed by atoms with Gasteiger partial charge in [-0.1, -0.05) is 18.2 Å². The van der Waals surface area contributed by atoms with Crippen LogP contribution in [0.5, 0.6) is 11.7 Å². The fourth-order valence-corrected chi connectivity index (χ4v) is 2.75. The third-order valence-corrected chi connectivity index (χ3v) is 3.91. The molecule has 2 aromatic rings. The molecule has 0 aliphatic carbocycles. The Bertz CT molecular complexity index is 630. The van der Waals surface area contributed by atoms with Crippen LogP contribution in [-0.4, -0.2) is 29.9 Å². The number of carbonyl (C=O) groups is 1. The van der Waals surface area contributed by atoms with E-state index in [1.165, 1.54) is 0 Å². The summed E-state index contributed by atoms with van der Waals surface area (Å²) in [5.74, 6) is 1.17. The van der Waals surface area contributed by atoms with Crippen LogP contribution in [0, 0.1) is 0 Å². The molecule has 2 N–H and O–H groups in total. The molecule has 1 unspecified atom stereocenters. The maximum absolute atomic E-state index is 12.6. The Morgan fingerprint density at radius 3 is 2.74 bits per heavy atom. The fourth-order valence-electron chi connectivity index (χ4n) is 2.75. The Morgan fingerprint density at radius 2 is 2.00 bits per heavy atom. The number of benzene rings is 1.